The van der Waals surface area contributed by atoms with E-state index in [1.165, 1.54) is 16.0 Å². The second-order valence-electron chi connectivity index (χ2n) is 7.14. The first kappa shape index (κ1) is 18.7. The molecule has 26 heavy (non-hydrogen) atoms. The van der Waals surface area contributed by atoms with Gasteiger partial charge in [-0.1, -0.05) is 13.3 Å². The maximum absolute atomic E-state index is 12.5. The third kappa shape index (κ3) is 3.07. The van der Waals surface area contributed by atoms with E-state index >= 15 is 0 Å². The Morgan fingerprint density at radius 2 is 2.23 bits per heavy atom. The van der Waals surface area contributed by atoms with Gasteiger partial charge < -0.3 is 5.73 Å². The van der Waals surface area contributed by atoms with Gasteiger partial charge in [-0.25, -0.2) is 9.67 Å². The predicted octanol–water partition coefficient (Wildman–Crippen LogP) is 1.65. The molecule has 2 unspecified atom stereocenters. The maximum atomic E-state index is 12.5. The van der Waals surface area contributed by atoms with Crippen LogP contribution in [-0.4, -0.2) is 26.2 Å². The van der Waals surface area contributed by atoms with Crippen molar-refractivity contribution in [2.45, 2.75) is 52.1 Å². The van der Waals surface area contributed by atoms with Gasteiger partial charge in [0, 0.05) is 19.0 Å². The summed E-state index contributed by atoms with van der Waals surface area (Å²) >= 11 is 1.43. The molecule has 3 rings (SSSR count). The number of hydrogen-bond donors (Lipinski definition) is 2. The number of primary amides is 1. The first-order chi connectivity index (χ1) is 12.3. The van der Waals surface area contributed by atoms with Gasteiger partial charge in [-0.05, 0) is 38.2 Å². The fraction of sp³-hybridized carbons (Fsp3) is 0.556. The van der Waals surface area contributed by atoms with Crippen LogP contribution in [0.15, 0.2) is 10.2 Å². The minimum atomic E-state index is -0.664. The minimum Gasteiger partial charge on any atom is -0.368 e. The first-order valence-electron chi connectivity index (χ1n) is 8.80. The molecule has 2 aromatic rings. The van der Waals surface area contributed by atoms with Gasteiger partial charge in [0.05, 0.1) is 17.0 Å². The average Bonchev–Trinajstić information content (AvgIpc) is 3.19. The molecule has 0 spiro atoms. The second-order valence-corrected chi connectivity index (χ2v) is 8.00. The highest BCUT2D eigenvalue weighted by molar-refractivity contribution is 7.13. The highest BCUT2D eigenvalue weighted by atomic mass is 32.1. The molecule has 1 saturated carbocycles. The van der Waals surface area contributed by atoms with E-state index < -0.39 is 5.54 Å². The van der Waals surface area contributed by atoms with Crippen molar-refractivity contribution in [3.05, 3.63) is 32.7 Å². The highest BCUT2D eigenvalue weighted by Gasteiger charge is 2.45. The van der Waals surface area contributed by atoms with Crippen molar-refractivity contribution in [1.29, 1.82) is 0 Å². The summed E-state index contributed by atoms with van der Waals surface area (Å²) in [5, 5.41) is 10.2. The lowest BCUT2D eigenvalue weighted by atomic mass is 9.87. The lowest BCUT2D eigenvalue weighted by Crippen LogP contribution is -2.56. The molecule has 3 N–H and O–H groups in total. The van der Waals surface area contributed by atoms with Gasteiger partial charge in [-0.15, -0.1) is 11.3 Å². The van der Waals surface area contributed by atoms with Crippen molar-refractivity contribution in [1.82, 2.24) is 20.1 Å². The molecule has 1 aliphatic carbocycles. The quantitative estimate of drug-likeness (QED) is 0.827. The molecule has 1 fully saturated rings. The Morgan fingerprint density at radius 3 is 2.85 bits per heavy atom. The molecule has 2 heterocycles. The molecule has 7 nitrogen and oxygen atoms in total. The number of carbonyl (C=O) groups excluding carboxylic acids is 1. The smallest absolute Gasteiger partial charge is 0.277 e. The van der Waals surface area contributed by atoms with Crippen molar-refractivity contribution < 1.29 is 4.79 Å². The van der Waals surface area contributed by atoms with Gasteiger partial charge in [0.25, 0.3) is 5.56 Å². The zero-order valence-corrected chi connectivity index (χ0v) is 16.4. The normalized spacial score (nSPS) is 22.7. The van der Waals surface area contributed by atoms with Crippen LogP contribution in [-0.2, 0) is 18.4 Å². The number of nitrogens with two attached hydrogens (primary N) is 1. The van der Waals surface area contributed by atoms with E-state index in [-0.39, 0.29) is 17.4 Å². The number of nitrogens with one attached hydrogen (secondary N) is 1. The summed E-state index contributed by atoms with van der Waals surface area (Å²) in [6.45, 7) is 6.28. The number of aryl methyl sites for hydroxylation is 2. The maximum Gasteiger partial charge on any atom is 0.277 e. The summed E-state index contributed by atoms with van der Waals surface area (Å²) in [5.74, 6) is -0.0945. The molecular formula is C18H25N5O2S. The molecular weight excluding hydrogens is 350 g/mol. The van der Waals surface area contributed by atoms with Crippen LogP contribution in [0.3, 0.4) is 0 Å². The highest BCUT2D eigenvalue weighted by Crippen LogP contribution is 2.35. The van der Waals surface area contributed by atoms with E-state index in [1.54, 1.807) is 7.05 Å². The zero-order valence-electron chi connectivity index (χ0n) is 15.6. The number of hydrogen-bond acceptors (Lipinski definition) is 6. The van der Waals surface area contributed by atoms with Gasteiger partial charge in [0.15, 0.2) is 0 Å². The lowest BCUT2D eigenvalue weighted by molar-refractivity contribution is -0.125. The minimum absolute atomic E-state index is 0.153. The summed E-state index contributed by atoms with van der Waals surface area (Å²) in [6, 6.07) is 0. The monoisotopic (exact) mass is 375 g/mol. The standard InChI is InChI=1S/C18H25N5O2S/c1-10-6-5-7-18(10,17(19)25)20-8-13-9-26-15(21-13)14-11(2)12(3)22-23(4)16(14)24/h9-10,20H,5-8H2,1-4H3,(H2,19,25). The molecule has 0 radical (unpaired) electrons. The molecule has 2 aromatic heterocycles. The van der Waals surface area contributed by atoms with Crippen molar-refractivity contribution in [3.8, 4) is 10.6 Å². The Hall–Kier alpha value is -2.06. The fourth-order valence-corrected chi connectivity index (χ4v) is 4.66. The Labute approximate surface area is 156 Å². The van der Waals surface area contributed by atoms with Crippen molar-refractivity contribution in [2.75, 3.05) is 0 Å². The lowest BCUT2D eigenvalue weighted by Gasteiger charge is -2.31. The molecule has 140 valence electrons. The third-order valence-corrected chi connectivity index (χ3v) is 6.47. The van der Waals surface area contributed by atoms with Crippen LogP contribution < -0.4 is 16.6 Å². The van der Waals surface area contributed by atoms with Crippen LogP contribution in [0.25, 0.3) is 10.6 Å². The van der Waals surface area contributed by atoms with Crippen LogP contribution in [0, 0.1) is 19.8 Å². The van der Waals surface area contributed by atoms with Gasteiger partial charge in [0.2, 0.25) is 5.91 Å². The van der Waals surface area contributed by atoms with Crippen LogP contribution in [0.2, 0.25) is 0 Å². The molecule has 0 saturated heterocycles. The second kappa shape index (κ2) is 6.92. The van der Waals surface area contributed by atoms with Crippen LogP contribution >= 0.6 is 11.3 Å². The van der Waals surface area contributed by atoms with Crippen LogP contribution in [0.5, 0.6) is 0 Å². The molecule has 2 atom stereocenters. The predicted molar refractivity (Wildman–Crippen MR) is 102 cm³/mol. The molecule has 0 aromatic carbocycles. The fourth-order valence-electron chi connectivity index (χ4n) is 3.75. The van der Waals surface area contributed by atoms with E-state index in [4.69, 9.17) is 5.73 Å². The van der Waals surface area contributed by atoms with Crippen molar-refractivity contribution in [3.63, 3.8) is 0 Å². The van der Waals surface area contributed by atoms with E-state index in [1.807, 2.05) is 19.2 Å². The SMILES string of the molecule is Cc1nn(C)c(=O)c(-c2nc(CNC3(C(N)=O)CCCC3C)cs2)c1C. The number of aromatic nitrogens is 3. The topological polar surface area (TPSA) is 103 Å². The van der Waals surface area contributed by atoms with Gasteiger partial charge in [-0.2, -0.15) is 5.10 Å². The summed E-state index contributed by atoms with van der Waals surface area (Å²) in [7, 11) is 1.65. The number of nitrogens with zero attached hydrogens (tertiary/aromatic N) is 3. The Balaban J connectivity index is 1.86. The van der Waals surface area contributed by atoms with Gasteiger partial charge in [0.1, 0.15) is 10.5 Å². The van der Waals surface area contributed by atoms with Crippen LogP contribution in [0.1, 0.15) is 43.1 Å². The Morgan fingerprint density at radius 1 is 1.50 bits per heavy atom. The molecule has 0 bridgehead atoms. The van der Waals surface area contributed by atoms with Gasteiger partial charge >= 0.3 is 0 Å². The Bertz CT molecular complexity index is 903. The third-order valence-electron chi connectivity index (χ3n) is 5.57. The Kier molecular flexibility index (Phi) is 4.98. The van der Waals surface area contributed by atoms with Gasteiger partial charge in [-0.3, -0.25) is 14.9 Å². The molecule has 1 aliphatic rings. The van der Waals surface area contributed by atoms with Crippen LogP contribution in [0.4, 0.5) is 0 Å². The summed E-state index contributed by atoms with van der Waals surface area (Å²) < 4.78 is 1.35. The molecule has 8 heteroatoms. The molecule has 0 aliphatic heterocycles. The summed E-state index contributed by atoms with van der Waals surface area (Å²) in [5.41, 5.74) is 7.93. The van der Waals surface area contributed by atoms with Crippen molar-refractivity contribution >= 4 is 17.2 Å². The summed E-state index contributed by atoms with van der Waals surface area (Å²) in [6.07, 6.45) is 2.73. The average molecular weight is 375 g/mol. The molecule has 1 amide bonds. The van der Waals surface area contributed by atoms with E-state index in [0.717, 1.165) is 36.2 Å². The van der Waals surface area contributed by atoms with E-state index in [9.17, 15) is 9.59 Å². The van der Waals surface area contributed by atoms with Crippen molar-refractivity contribution in [2.24, 2.45) is 18.7 Å². The first-order valence-corrected chi connectivity index (χ1v) is 9.68. The number of amides is 1. The van der Waals surface area contributed by atoms with E-state index in [0.29, 0.717) is 17.1 Å². The number of thiazole rings is 1. The number of rotatable bonds is 5. The zero-order chi connectivity index (χ0) is 19.1. The summed E-state index contributed by atoms with van der Waals surface area (Å²) in [4.78, 5) is 29.2. The number of carbonyl (C=O) groups is 1. The largest absolute Gasteiger partial charge is 0.368 e. The van der Waals surface area contributed by atoms with E-state index in [2.05, 4.69) is 22.3 Å².